The maximum absolute atomic E-state index is 5.78. The molecule has 0 saturated heterocycles. The van der Waals surface area contributed by atoms with E-state index in [9.17, 15) is 0 Å². The number of hydrogen-bond acceptors (Lipinski definition) is 3. The number of ether oxygens (including phenoxy) is 1. The summed E-state index contributed by atoms with van der Waals surface area (Å²) < 4.78 is 8.84. The van der Waals surface area contributed by atoms with Crippen molar-refractivity contribution < 1.29 is 4.74 Å². The van der Waals surface area contributed by atoms with E-state index in [0.29, 0.717) is 6.61 Å². The second-order valence-corrected chi connectivity index (χ2v) is 5.17. The maximum atomic E-state index is 5.78. The second kappa shape index (κ2) is 6.73. The lowest BCUT2D eigenvalue weighted by Crippen LogP contribution is -2.09. The Hall–Kier alpha value is -1.33. The summed E-state index contributed by atoms with van der Waals surface area (Å²) in [6, 6.07) is 6.14. The summed E-state index contributed by atoms with van der Waals surface area (Å²) in [5.74, 6) is 1.88. The lowest BCUT2D eigenvalue weighted by Gasteiger charge is -2.11. The van der Waals surface area contributed by atoms with Gasteiger partial charge in [0.1, 0.15) is 18.2 Å². The zero-order valence-corrected chi connectivity index (χ0v) is 12.8. The molecule has 19 heavy (non-hydrogen) atoms. The van der Waals surface area contributed by atoms with E-state index in [0.717, 1.165) is 29.1 Å². The largest absolute Gasteiger partial charge is 0.491 e. The average molecular weight is 324 g/mol. The Morgan fingerprint density at radius 1 is 1.42 bits per heavy atom. The molecule has 0 saturated carbocycles. The van der Waals surface area contributed by atoms with Gasteiger partial charge in [-0.25, -0.2) is 4.98 Å². The standard InChI is InChI=1S/C14H18BrN3O/c1-11-17-5-6-18(11)7-8-19-14-4-3-12(10-16-2)9-13(14)15/h3-6,9,16H,7-8,10H2,1-2H3. The van der Waals surface area contributed by atoms with Crippen LogP contribution in [-0.4, -0.2) is 23.2 Å². The van der Waals surface area contributed by atoms with E-state index in [1.807, 2.05) is 26.2 Å². The van der Waals surface area contributed by atoms with Crippen LogP contribution in [0, 0.1) is 6.92 Å². The molecule has 0 bridgehead atoms. The fourth-order valence-electron chi connectivity index (χ4n) is 1.87. The Balaban J connectivity index is 1.91. The third-order valence-electron chi connectivity index (χ3n) is 2.89. The molecule has 102 valence electrons. The van der Waals surface area contributed by atoms with Crippen LogP contribution in [0.1, 0.15) is 11.4 Å². The molecule has 0 amide bonds. The SMILES string of the molecule is CNCc1ccc(OCCn2ccnc2C)c(Br)c1. The Kier molecular flexibility index (Phi) is 4.99. The fourth-order valence-corrected chi connectivity index (χ4v) is 2.41. The van der Waals surface area contributed by atoms with Crippen molar-refractivity contribution in [2.75, 3.05) is 13.7 Å². The zero-order valence-electron chi connectivity index (χ0n) is 11.2. The molecule has 0 fully saturated rings. The van der Waals surface area contributed by atoms with Crippen molar-refractivity contribution in [3.8, 4) is 5.75 Å². The molecule has 0 unspecified atom stereocenters. The van der Waals surface area contributed by atoms with Crippen molar-refractivity contribution in [2.45, 2.75) is 20.0 Å². The Morgan fingerprint density at radius 2 is 2.26 bits per heavy atom. The zero-order chi connectivity index (χ0) is 13.7. The van der Waals surface area contributed by atoms with E-state index in [-0.39, 0.29) is 0 Å². The van der Waals surface area contributed by atoms with Gasteiger partial charge in [0.05, 0.1) is 11.0 Å². The lowest BCUT2D eigenvalue weighted by atomic mass is 10.2. The molecule has 4 nitrogen and oxygen atoms in total. The normalized spacial score (nSPS) is 10.7. The summed E-state index contributed by atoms with van der Waals surface area (Å²) in [7, 11) is 1.94. The highest BCUT2D eigenvalue weighted by Crippen LogP contribution is 2.26. The van der Waals surface area contributed by atoms with E-state index in [1.54, 1.807) is 6.20 Å². The predicted octanol–water partition coefficient (Wildman–Crippen LogP) is 2.75. The molecule has 1 aromatic carbocycles. The number of imidazole rings is 1. The number of nitrogens with zero attached hydrogens (tertiary/aromatic N) is 2. The third kappa shape index (κ3) is 3.81. The summed E-state index contributed by atoms with van der Waals surface area (Å²) >= 11 is 3.54. The molecule has 0 atom stereocenters. The first-order valence-corrected chi connectivity index (χ1v) is 7.03. The maximum Gasteiger partial charge on any atom is 0.133 e. The van der Waals surface area contributed by atoms with Crippen molar-refractivity contribution in [2.24, 2.45) is 0 Å². The van der Waals surface area contributed by atoms with Crippen LogP contribution in [0.5, 0.6) is 5.75 Å². The van der Waals surface area contributed by atoms with E-state index >= 15 is 0 Å². The van der Waals surface area contributed by atoms with Crippen LogP contribution in [-0.2, 0) is 13.1 Å². The number of aromatic nitrogens is 2. The van der Waals surface area contributed by atoms with Gasteiger partial charge in [0.25, 0.3) is 0 Å². The highest BCUT2D eigenvalue weighted by molar-refractivity contribution is 9.10. The van der Waals surface area contributed by atoms with E-state index in [1.165, 1.54) is 5.56 Å². The summed E-state index contributed by atoms with van der Waals surface area (Å²) in [5.41, 5.74) is 1.23. The molecule has 1 aromatic heterocycles. The number of hydrogen-bond donors (Lipinski definition) is 1. The number of benzene rings is 1. The average Bonchev–Trinajstić information content (AvgIpc) is 2.78. The van der Waals surface area contributed by atoms with Crippen LogP contribution >= 0.6 is 15.9 Å². The number of rotatable bonds is 6. The first-order valence-electron chi connectivity index (χ1n) is 6.24. The van der Waals surface area contributed by atoms with Crippen molar-refractivity contribution >= 4 is 15.9 Å². The molecule has 0 aliphatic rings. The Bertz CT molecular complexity index is 539. The molecule has 0 radical (unpaired) electrons. The quantitative estimate of drug-likeness (QED) is 0.888. The van der Waals surface area contributed by atoms with Crippen molar-refractivity contribution in [3.05, 3.63) is 46.5 Å². The van der Waals surface area contributed by atoms with Crippen molar-refractivity contribution in [1.82, 2.24) is 14.9 Å². The van der Waals surface area contributed by atoms with Gasteiger partial charge in [-0.15, -0.1) is 0 Å². The van der Waals surface area contributed by atoms with Crippen molar-refractivity contribution in [3.63, 3.8) is 0 Å². The summed E-state index contributed by atoms with van der Waals surface area (Å²) in [4.78, 5) is 4.18. The highest BCUT2D eigenvalue weighted by Gasteiger charge is 2.03. The van der Waals surface area contributed by atoms with Crippen LogP contribution in [0.25, 0.3) is 0 Å². The van der Waals surface area contributed by atoms with Gasteiger partial charge in [0.15, 0.2) is 0 Å². The van der Waals surface area contributed by atoms with Crippen LogP contribution in [0.15, 0.2) is 35.1 Å². The second-order valence-electron chi connectivity index (χ2n) is 4.31. The molecule has 0 spiro atoms. The van der Waals surface area contributed by atoms with Crippen LogP contribution < -0.4 is 10.1 Å². The van der Waals surface area contributed by atoms with Gasteiger partial charge >= 0.3 is 0 Å². The summed E-state index contributed by atoms with van der Waals surface area (Å²) in [5, 5.41) is 3.13. The minimum atomic E-state index is 0.626. The molecular weight excluding hydrogens is 306 g/mol. The summed E-state index contributed by atoms with van der Waals surface area (Å²) in [6.45, 7) is 4.27. The van der Waals surface area contributed by atoms with Gasteiger partial charge in [-0.3, -0.25) is 0 Å². The number of halogens is 1. The smallest absolute Gasteiger partial charge is 0.133 e. The van der Waals surface area contributed by atoms with E-state index in [4.69, 9.17) is 4.74 Å². The molecule has 1 N–H and O–H groups in total. The van der Waals surface area contributed by atoms with Gasteiger partial charge in [-0.05, 0) is 47.6 Å². The van der Waals surface area contributed by atoms with Crippen molar-refractivity contribution in [1.29, 1.82) is 0 Å². The van der Waals surface area contributed by atoms with Gasteiger partial charge < -0.3 is 14.6 Å². The van der Waals surface area contributed by atoms with E-state index in [2.05, 4.69) is 42.9 Å². The van der Waals surface area contributed by atoms with Gasteiger partial charge in [0.2, 0.25) is 0 Å². The summed E-state index contributed by atoms with van der Waals surface area (Å²) in [6.07, 6.45) is 3.77. The molecule has 2 rings (SSSR count). The van der Waals surface area contributed by atoms with Crippen LogP contribution in [0.2, 0.25) is 0 Å². The fraction of sp³-hybridized carbons (Fsp3) is 0.357. The Labute approximate surface area is 121 Å². The van der Waals surface area contributed by atoms with E-state index < -0.39 is 0 Å². The first kappa shape index (κ1) is 14.1. The van der Waals surface area contributed by atoms with Gasteiger partial charge in [-0.1, -0.05) is 6.07 Å². The predicted molar refractivity (Wildman–Crippen MR) is 79.4 cm³/mol. The van der Waals surface area contributed by atoms with Crippen LogP contribution in [0.3, 0.4) is 0 Å². The first-order chi connectivity index (χ1) is 9.20. The number of nitrogens with one attached hydrogen (secondary N) is 1. The van der Waals surface area contributed by atoms with Gasteiger partial charge in [-0.2, -0.15) is 0 Å². The molecule has 5 heteroatoms. The highest BCUT2D eigenvalue weighted by atomic mass is 79.9. The third-order valence-corrected chi connectivity index (χ3v) is 3.51. The Morgan fingerprint density at radius 3 is 2.89 bits per heavy atom. The molecule has 0 aliphatic heterocycles. The monoisotopic (exact) mass is 323 g/mol. The van der Waals surface area contributed by atoms with Crippen LogP contribution in [0.4, 0.5) is 0 Å². The molecule has 1 heterocycles. The molecule has 0 aliphatic carbocycles. The minimum absolute atomic E-state index is 0.626. The molecule has 2 aromatic rings. The molecular formula is C14H18BrN3O. The lowest BCUT2D eigenvalue weighted by molar-refractivity contribution is 0.295. The minimum Gasteiger partial charge on any atom is -0.491 e. The van der Waals surface area contributed by atoms with Gasteiger partial charge in [0, 0.05) is 18.9 Å². The number of aryl methyl sites for hydroxylation is 1. The topological polar surface area (TPSA) is 39.1 Å².